The molecule has 0 bridgehead atoms. The van der Waals surface area contributed by atoms with Crippen LogP contribution in [-0.2, 0) is 0 Å². The molecule has 4 fully saturated rings. The highest BCUT2D eigenvalue weighted by atomic mass is 14.8. The predicted octanol–water partition coefficient (Wildman–Crippen LogP) is 5.53. The summed E-state index contributed by atoms with van der Waals surface area (Å²) in [5, 5.41) is 0. The quantitative estimate of drug-likeness (QED) is 0.677. The molecular weight excluding hydrogens is 266 g/mol. The van der Waals surface area contributed by atoms with Crippen molar-refractivity contribution in [3.05, 3.63) is 0 Å². The van der Waals surface area contributed by atoms with Crippen molar-refractivity contribution >= 4 is 0 Å². The Morgan fingerprint density at radius 1 is 0.864 bits per heavy atom. The third-order valence-corrected chi connectivity index (χ3v) is 9.57. The van der Waals surface area contributed by atoms with Crippen LogP contribution in [0.5, 0.6) is 0 Å². The lowest BCUT2D eigenvalue weighted by atomic mass is 9.42. The maximum Gasteiger partial charge on any atom is 0.0211 e. The summed E-state index contributed by atoms with van der Waals surface area (Å²) in [4.78, 5) is 0. The van der Waals surface area contributed by atoms with Crippen molar-refractivity contribution in [2.45, 2.75) is 96.9 Å². The zero-order valence-electron chi connectivity index (χ0n) is 15.2. The first-order chi connectivity index (χ1) is 10.4. The third-order valence-electron chi connectivity index (χ3n) is 9.57. The summed E-state index contributed by atoms with van der Waals surface area (Å²) in [5.41, 5.74) is 8.31. The van der Waals surface area contributed by atoms with Crippen LogP contribution in [0.3, 0.4) is 0 Å². The van der Waals surface area contributed by atoms with Crippen molar-refractivity contribution < 1.29 is 0 Å². The monoisotopic (exact) mass is 303 g/mol. The number of fused-ring (bicyclic) bond motifs is 5. The molecule has 2 N–H and O–H groups in total. The van der Waals surface area contributed by atoms with Crippen LogP contribution in [0.25, 0.3) is 0 Å². The van der Waals surface area contributed by atoms with Gasteiger partial charge in [0.25, 0.3) is 0 Å². The van der Waals surface area contributed by atoms with Crippen molar-refractivity contribution in [2.24, 2.45) is 40.2 Å². The summed E-state index contributed by atoms with van der Waals surface area (Å²) in [6.07, 6.45) is 15.7. The van der Waals surface area contributed by atoms with Crippen LogP contribution in [-0.4, -0.2) is 5.54 Å². The zero-order chi connectivity index (χ0) is 15.6. The molecule has 0 heterocycles. The van der Waals surface area contributed by atoms with E-state index in [1.165, 1.54) is 70.6 Å². The smallest absolute Gasteiger partial charge is 0.0211 e. The Balaban J connectivity index is 1.66. The Bertz CT molecular complexity index is 445. The summed E-state index contributed by atoms with van der Waals surface area (Å²) in [6, 6.07) is 0. The van der Waals surface area contributed by atoms with Gasteiger partial charge in [-0.25, -0.2) is 0 Å². The Morgan fingerprint density at radius 2 is 1.64 bits per heavy atom. The van der Waals surface area contributed by atoms with E-state index >= 15 is 0 Å². The molecule has 0 radical (unpaired) electrons. The van der Waals surface area contributed by atoms with E-state index in [4.69, 9.17) is 5.73 Å². The Hall–Kier alpha value is -0.0400. The molecule has 4 saturated carbocycles. The second-order valence-electron chi connectivity index (χ2n) is 9.92. The zero-order valence-corrected chi connectivity index (χ0v) is 15.2. The summed E-state index contributed by atoms with van der Waals surface area (Å²) < 4.78 is 0. The van der Waals surface area contributed by atoms with Gasteiger partial charge < -0.3 is 5.73 Å². The fraction of sp³-hybridized carbons (Fsp3) is 1.00. The molecule has 0 amide bonds. The predicted molar refractivity (Wildman–Crippen MR) is 93.6 cm³/mol. The molecule has 1 nitrogen and oxygen atoms in total. The van der Waals surface area contributed by atoms with Crippen LogP contribution in [0.1, 0.15) is 91.4 Å². The van der Waals surface area contributed by atoms with Gasteiger partial charge in [0.05, 0.1) is 0 Å². The lowest BCUT2D eigenvalue weighted by molar-refractivity contribution is -0.122. The molecule has 126 valence electrons. The van der Waals surface area contributed by atoms with E-state index in [1.54, 1.807) is 0 Å². The molecule has 0 saturated heterocycles. The third kappa shape index (κ3) is 1.81. The van der Waals surface area contributed by atoms with E-state index in [1.807, 2.05) is 0 Å². The Labute approximate surface area is 137 Å². The van der Waals surface area contributed by atoms with Gasteiger partial charge in [-0.2, -0.15) is 0 Å². The molecule has 0 aromatic rings. The van der Waals surface area contributed by atoms with Gasteiger partial charge in [0, 0.05) is 5.54 Å². The minimum atomic E-state index is 0.170. The molecule has 4 aliphatic carbocycles. The maximum absolute atomic E-state index is 7.03. The van der Waals surface area contributed by atoms with Gasteiger partial charge in [0.1, 0.15) is 0 Å². The standard InChI is InChI=1S/C21H37N/c1-4-15-7-8-17-16-9-14-21(22)12-6-5-11-20(21,3)18(16)10-13-19(15,17)2/h15-18H,4-14,22H2,1-3H3/t15-,16-,17-,18-,19+,20+,21+/m0/s1. The first-order valence-corrected chi connectivity index (χ1v) is 10.2. The molecule has 0 aromatic carbocycles. The van der Waals surface area contributed by atoms with E-state index in [0.29, 0.717) is 10.8 Å². The number of hydrogen-bond acceptors (Lipinski definition) is 1. The van der Waals surface area contributed by atoms with Crippen LogP contribution in [0.15, 0.2) is 0 Å². The van der Waals surface area contributed by atoms with E-state index in [-0.39, 0.29) is 5.54 Å². The lowest BCUT2D eigenvalue weighted by Gasteiger charge is -2.64. The minimum Gasteiger partial charge on any atom is -0.325 e. The molecular formula is C21H37N. The number of rotatable bonds is 1. The topological polar surface area (TPSA) is 26.0 Å². The van der Waals surface area contributed by atoms with Crippen LogP contribution >= 0.6 is 0 Å². The molecule has 0 spiro atoms. The highest BCUT2D eigenvalue weighted by Gasteiger charge is 2.62. The Morgan fingerprint density at radius 3 is 2.41 bits per heavy atom. The normalized spacial score (nSPS) is 57.8. The van der Waals surface area contributed by atoms with E-state index in [0.717, 1.165) is 23.7 Å². The molecule has 0 aliphatic heterocycles. The first kappa shape index (κ1) is 15.5. The van der Waals surface area contributed by atoms with Crippen molar-refractivity contribution in [1.82, 2.24) is 0 Å². The SMILES string of the molecule is CC[C@H]1CC[C@H]2[C@@H]3CC[C@]4(N)CCCC[C@]4(C)[C@H]3CC[C@]12C. The van der Waals surface area contributed by atoms with Crippen molar-refractivity contribution in [3.63, 3.8) is 0 Å². The van der Waals surface area contributed by atoms with Gasteiger partial charge in [-0.3, -0.25) is 0 Å². The summed E-state index contributed by atoms with van der Waals surface area (Å²) >= 11 is 0. The van der Waals surface area contributed by atoms with Crippen molar-refractivity contribution in [1.29, 1.82) is 0 Å². The summed E-state index contributed by atoms with van der Waals surface area (Å²) in [6.45, 7) is 7.68. The average Bonchev–Trinajstić information content (AvgIpc) is 2.84. The fourth-order valence-electron chi connectivity index (χ4n) is 8.12. The minimum absolute atomic E-state index is 0.170. The highest BCUT2D eigenvalue weighted by Crippen LogP contribution is 2.68. The van der Waals surface area contributed by atoms with E-state index in [2.05, 4.69) is 20.8 Å². The second-order valence-corrected chi connectivity index (χ2v) is 9.92. The number of nitrogens with two attached hydrogens (primary N) is 1. The van der Waals surface area contributed by atoms with Gasteiger partial charge >= 0.3 is 0 Å². The second kappa shape index (κ2) is 4.98. The maximum atomic E-state index is 7.03. The number of hydrogen-bond donors (Lipinski definition) is 1. The van der Waals surface area contributed by atoms with Gasteiger partial charge in [0.2, 0.25) is 0 Å². The van der Waals surface area contributed by atoms with Gasteiger partial charge in [0.15, 0.2) is 0 Å². The van der Waals surface area contributed by atoms with Gasteiger partial charge in [-0.1, -0.05) is 40.0 Å². The molecule has 7 atom stereocenters. The van der Waals surface area contributed by atoms with Crippen molar-refractivity contribution in [2.75, 3.05) is 0 Å². The molecule has 22 heavy (non-hydrogen) atoms. The molecule has 4 rings (SSSR count). The summed E-state index contributed by atoms with van der Waals surface area (Å²) in [5.74, 6) is 3.94. The van der Waals surface area contributed by atoms with Crippen LogP contribution in [0, 0.1) is 34.5 Å². The van der Waals surface area contributed by atoms with Crippen LogP contribution in [0.2, 0.25) is 0 Å². The van der Waals surface area contributed by atoms with Crippen LogP contribution in [0.4, 0.5) is 0 Å². The highest BCUT2D eigenvalue weighted by molar-refractivity contribution is 5.14. The van der Waals surface area contributed by atoms with E-state index in [9.17, 15) is 0 Å². The summed E-state index contributed by atoms with van der Waals surface area (Å²) in [7, 11) is 0. The van der Waals surface area contributed by atoms with Gasteiger partial charge in [-0.15, -0.1) is 0 Å². The van der Waals surface area contributed by atoms with Gasteiger partial charge in [-0.05, 0) is 85.9 Å². The lowest BCUT2D eigenvalue weighted by Crippen LogP contribution is -2.65. The first-order valence-electron chi connectivity index (χ1n) is 10.2. The molecule has 0 unspecified atom stereocenters. The molecule has 1 heteroatoms. The average molecular weight is 304 g/mol. The fourth-order valence-corrected chi connectivity index (χ4v) is 8.12. The Kier molecular flexibility index (Phi) is 3.50. The van der Waals surface area contributed by atoms with Crippen LogP contribution < -0.4 is 5.73 Å². The molecule has 4 aliphatic rings. The van der Waals surface area contributed by atoms with E-state index < -0.39 is 0 Å². The van der Waals surface area contributed by atoms with Crippen molar-refractivity contribution in [3.8, 4) is 0 Å². The molecule has 0 aromatic heterocycles. The largest absolute Gasteiger partial charge is 0.325 e.